The van der Waals surface area contributed by atoms with E-state index in [0.717, 1.165) is 12.2 Å². The summed E-state index contributed by atoms with van der Waals surface area (Å²) in [6, 6.07) is 2.15. The quantitative estimate of drug-likeness (QED) is 0.613. The van der Waals surface area contributed by atoms with Crippen LogP contribution in [0.1, 0.15) is 69.2 Å². The van der Waals surface area contributed by atoms with Crippen LogP contribution in [0.4, 0.5) is 0 Å². The van der Waals surface area contributed by atoms with Crippen LogP contribution in [0.5, 0.6) is 5.75 Å². The van der Waals surface area contributed by atoms with Gasteiger partial charge in [0.25, 0.3) is 0 Å². The Morgan fingerprint density at radius 3 is 2.50 bits per heavy atom. The van der Waals surface area contributed by atoms with Gasteiger partial charge < -0.3 is 10.5 Å². The third kappa shape index (κ3) is 5.40. The van der Waals surface area contributed by atoms with E-state index in [2.05, 4.69) is 12.3 Å². The lowest BCUT2D eigenvalue weighted by molar-refractivity contribution is 0.406. The highest BCUT2D eigenvalue weighted by molar-refractivity contribution is 7.10. The first-order chi connectivity index (χ1) is 8.79. The first-order valence-electron chi connectivity index (χ1n) is 7.16. The second-order valence-electron chi connectivity index (χ2n) is 4.87. The largest absolute Gasteiger partial charge is 0.496 e. The van der Waals surface area contributed by atoms with E-state index >= 15 is 0 Å². The van der Waals surface area contributed by atoms with E-state index in [-0.39, 0.29) is 6.04 Å². The van der Waals surface area contributed by atoms with Gasteiger partial charge >= 0.3 is 0 Å². The molecule has 0 aliphatic heterocycles. The fourth-order valence-corrected chi connectivity index (χ4v) is 3.10. The summed E-state index contributed by atoms with van der Waals surface area (Å²) in [5, 5.41) is 2.05. The molecule has 1 atom stereocenters. The summed E-state index contributed by atoms with van der Waals surface area (Å²) in [7, 11) is 1.71. The number of nitrogens with two attached hydrogens (primary N) is 1. The minimum atomic E-state index is 0.149. The van der Waals surface area contributed by atoms with Crippen molar-refractivity contribution in [2.24, 2.45) is 5.73 Å². The molecule has 1 rings (SSSR count). The molecule has 0 saturated carbocycles. The Kier molecular flexibility index (Phi) is 8.10. The molecule has 1 unspecified atom stereocenters. The van der Waals surface area contributed by atoms with E-state index in [4.69, 9.17) is 10.5 Å². The molecule has 1 aromatic heterocycles. The van der Waals surface area contributed by atoms with Gasteiger partial charge in [0, 0.05) is 6.04 Å². The highest BCUT2D eigenvalue weighted by Gasteiger charge is 2.12. The zero-order valence-corrected chi connectivity index (χ0v) is 12.6. The van der Waals surface area contributed by atoms with Crippen molar-refractivity contribution in [3.05, 3.63) is 16.3 Å². The first-order valence-corrected chi connectivity index (χ1v) is 8.04. The first kappa shape index (κ1) is 15.5. The van der Waals surface area contributed by atoms with Gasteiger partial charge in [-0.1, -0.05) is 51.9 Å². The van der Waals surface area contributed by atoms with Gasteiger partial charge in [0.1, 0.15) is 5.75 Å². The van der Waals surface area contributed by atoms with E-state index in [0.29, 0.717) is 0 Å². The zero-order chi connectivity index (χ0) is 13.2. The fraction of sp³-hybridized carbons (Fsp3) is 0.733. The molecule has 1 heterocycles. The Balaban J connectivity index is 2.12. The van der Waals surface area contributed by atoms with Gasteiger partial charge in [0.2, 0.25) is 0 Å². The number of thiophene rings is 1. The van der Waals surface area contributed by atoms with Crippen LogP contribution in [0.3, 0.4) is 0 Å². The van der Waals surface area contributed by atoms with Crippen LogP contribution in [0.15, 0.2) is 11.4 Å². The molecule has 0 aliphatic rings. The maximum Gasteiger partial charge on any atom is 0.134 e. The van der Waals surface area contributed by atoms with Gasteiger partial charge in [-0.25, -0.2) is 0 Å². The van der Waals surface area contributed by atoms with Crippen LogP contribution in [0.2, 0.25) is 0 Å². The molecule has 0 amide bonds. The lowest BCUT2D eigenvalue weighted by atomic mass is 10.0. The van der Waals surface area contributed by atoms with Crippen molar-refractivity contribution in [3.8, 4) is 5.75 Å². The van der Waals surface area contributed by atoms with Gasteiger partial charge in [-0.3, -0.25) is 0 Å². The van der Waals surface area contributed by atoms with E-state index in [9.17, 15) is 0 Å². The van der Waals surface area contributed by atoms with Gasteiger partial charge in [-0.05, 0) is 17.9 Å². The zero-order valence-electron chi connectivity index (χ0n) is 11.8. The minimum absolute atomic E-state index is 0.149. The van der Waals surface area contributed by atoms with Crippen LogP contribution < -0.4 is 10.5 Å². The van der Waals surface area contributed by atoms with Gasteiger partial charge in [-0.2, -0.15) is 0 Å². The molecule has 0 aromatic carbocycles. The molecular formula is C15H27NOS. The molecule has 0 spiro atoms. The number of unbranched alkanes of at least 4 members (excludes halogenated alkanes) is 6. The van der Waals surface area contributed by atoms with E-state index < -0.39 is 0 Å². The van der Waals surface area contributed by atoms with Crippen LogP contribution >= 0.6 is 11.3 Å². The van der Waals surface area contributed by atoms with Crippen molar-refractivity contribution in [3.63, 3.8) is 0 Å². The monoisotopic (exact) mass is 269 g/mol. The summed E-state index contributed by atoms with van der Waals surface area (Å²) in [5.74, 6) is 0.954. The maximum atomic E-state index is 6.21. The smallest absolute Gasteiger partial charge is 0.134 e. The summed E-state index contributed by atoms with van der Waals surface area (Å²) < 4.78 is 5.31. The van der Waals surface area contributed by atoms with Gasteiger partial charge in [-0.15, -0.1) is 11.3 Å². The predicted octanol–water partition coefficient (Wildman–Crippen LogP) is 4.90. The lowest BCUT2D eigenvalue weighted by Crippen LogP contribution is -2.09. The Morgan fingerprint density at radius 1 is 1.17 bits per heavy atom. The van der Waals surface area contributed by atoms with E-state index in [1.807, 2.05) is 6.07 Å². The molecule has 1 aromatic rings. The number of hydrogen-bond acceptors (Lipinski definition) is 3. The predicted molar refractivity (Wildman–Crippen MR) is 80.4 cm³/mol. The Morgan fingerprint density at radius 2 is 1.83 bits per heavy atom. The number of rotatable bonds is 10. The molecule has 0 bridgehead atoms. The Bertz CT molecular complexity index is 311. The average molecular weight is 269 g/mol. The van der Waals surface area contributed by atoms with Crippen molar-refractivity contribution in [1.82, 2.24) is 0 Å². The second kappa shape index (κ2) is 9.40. The normalized spacial score (nSPS) is 12.6. The van der Waals surface area contributed by atoms with Crippen molar-refractivity contribution in [2.75, 3.05) is 7.11 Å². The maximum absolute atomic E-state index is 6.21. The number of ether oxygens (including phenoxy) is 1. The highest BCUT2D eigenvalue weighted by atomic mass is 32.1. The van der Waals surface area contributed by atoms with Crippen molar-refractivity contribution >= 4 is 11.3 Å². The van der Waals surface area contributed by atoms with Crippen LogP contribution in [0, 0.1) is 0 Å². The molecule has 0 radical (unpaired) electrons. The van der Waals surface area contributed by atoms with Crippen LogP contribution in [0.25, 0.3) is 0 Å². The van der Waals surface area contributed by atoms with E-state index in [1.165, 1.54) is 49.8 Å². The number of hydrogen-bond donors (Lipinski definition) is 1. The lowest BCUT2D eigenvalue weighted by Gasteiger charge is -2.11. The molecular weight excluding hydrogens is 242 g/mol. The highest BCUT2D eigenvalue weighted by Crippen LogP contribution is 2.32. The summed E-state index contributed by atoms with van der Waals surface area (Å²) in [5.41, 5.74) is 6.21. The van der Waals surface area contributed by atoms with Crippen molar-refractivity contribution in [1.29, 1.82) is 0 Å². The molecule has 18 heavy (non-hydrogen) atoms. The van der Waals surface area contributed by atoms with E-state index in [1.54, 1.807) is 18.4 Å². The Hall–Kier alpha value is -0.540. The molecule has 0 aliphatic carbocycles. The average Bonchev–Trinajstić information content (AvgIpc) is 2.85. The standard InChI is InChI=1S/C15H27NOS/c1-3-4-5-6-7-8-9-10-13(16)15-14(17-2)11-12-18-15/h11-13H,3-10,16H2,1-2H3. The summed E-state index contributed by atoms with van der Waals surface area (Å²) >= 11 is 1.71. The Labute approximate surface area is 116 Å². The molecule has 104 valence electrons. The molecule has 2 nitrogen and oxygen atoms in total. The summed E-state index contributed by atoms with van der Waals surface area (Å²) in [6.45, 7) is 2.26. The fourth-order valence-electron chi connectivity index (χ4n) is 2.20. The number of methoxy groups -OCH3 is 1. The SMILES string of the molecule is CCCCCCCCCC(N)c1sccc1OC. The molecule has 0 saturated heterocycles. The van der Waals surface area contributed by atoms with Gasteiger partial charge in [0.05, 0.1) is 12.0 Å². The second-order valence-corrected chi connectivity index (χ2v) is 5.82. The minimum Gasteiger partial charge on any atom is -0.496 e. The summed E-state index contributed by atoms with van der Waals surface area (Å²) in [4.78, 5) is 1.20. The topological polar surface area (TPSA) is 35.2 Å². The third-order valence-electron chi connectivity index (χ3n) is 3.33. The van der Waals surface area contributed by atoms with Crippen LogP contribution in [-0.2, 0) is 0 Å². The van der Waals surface area contributed by atoms with Crippen LogP contribution in [-0.4, -0.2) is 7.11 Å². The molecule has 2 N–H and O–H groups in total. The van der Waals surface area contributed by atoms with Crippen molar-refractivity contribution < 1.29 is 4.74 Å². The van der Waals surface area contributed by atoms with Crippen molar-refractivity contribution in [2.45, 2.75) is 64.3 Å². The summed E-state index contributed by atoms with van der Waals surface area (Å²) in [6.07, 6.45) is 10.4. The molecule has 3 heteroatoms. The molecule has 0 fully saturated rings. The third-order valence-corrected chi connectivity index (χ3v) is 4.36. The van der Waals surface area contributed by atoms with Gasteiger partial charge in [0.15, 0.2) is 0 Å².